The van der Waals surface area contributed by atoms with Gasteiger partial charge in [0.1, 0.15) is 6.33 Å². The molecule has 0 fully saturated rings. The van der Waals surface area contributed by atoms with Crippen LogP contribution in [0.3, 0.4) is 0 Å². The Balaban J connectivity index is 1.99. The van der Waals surface area contributed by atoms with Crippen LogP contribution in [0.1, 0.15) is 6.42 Å². The predicted octanol–water partition coefficient (Wildman–Crippen LogP) is 1.48. The van der Waals surface area contributed by atoms with Crippen LogP contribution in [0.4, 0.5) is 5.69 Å². The van der Waals surface area contributed by atoms with Crippen LogP contribution in [0.2, 0.25) is 0 Å². The molecule has 0 unspecified atom stereocenters. The minimum atomic E-state index is 0.750. The van der Waals surface area contributed by atoms with Gasteiger partial charge in [-0.15, -0.1) is 0 Å². The van der Waals surface area contributed by atoms with E-state index >= 15 is 0 Å². The molecule has 2 aromatic rings. The van der Waals surface area contributed by atoms with Crippen molar-refractivity contribution in [1.82, 2.24) is 19.7 Å². The van der Waals surface area contributed by atoms with Gasteiger partial charge in [-0.3, -0.25) is 4.68 Å². The SMILES string of the molecule is CN(C)CCCn1cnc(-c2ccc(N)cc2)n1. The normalized spacial score (nSPS) is 11.1. The average Bonchev–Trinajstić information content (AvgIpc) is 2.78. The molecule has 0 spiro atoms. The number of nitrogens with zero attached hydrogens (tertiary/aromatic N) is 4. The third-order valence-electron chi connectivity index (χ3n) is 2.70. The summed E-state index contributed by atoms with van der Waals surface area (Å²) in [6.45, 7) is 1.94. The molecule has 0 radical (unpaired) electrons. The lowest BCUT2D eigenvalue weighted by atomic mass is 10.2. The smallest absolute Gasteiger partial charge is 0.181 e. The van der Waals surface area contributed by atoms with Crippen molar-refractivity contribution in [2.24, 2.45) is 0 Å². The average molecular weight is 245 g/mol. The first-order valence-electron chi connectivity index (χ1n) is 6.05. The van der Waals surface area contributed by atoms with Crippen molar-refractivity contribution in [3.8, 4) is 11.4 Å². The summed E-state index contributed by atoms with van der Waals surface area (Å²) < 4.78 is 1.88. The molecule has 96 valence electrons. The lowest BCUT2D eigenvalue weighted by Gasteiger charge is -2.08. The highest BCUT2D eigenvalue weighted by atomic mass is 15.3. The van der Waals surface area contributed by atoms with E-state index in [1.807, 2.05) is 28.9 Å². The molecule has 5 nitrogen and oxygen atoms in total. The topological polar surface area (TPSA) is 60.0 Å². The van der Waals surface area contributed by atoms with Gasteiger partial charge in [-0.05, 0) is 51.3 Å². The van der Waals surface area contributed by atoms with Crippen LogP contribution in [0, 0.1) is 0 Å². The molecule has 0 atom stereocenters. The number of aromatic nitrogens is 3. The molecule has 0 aliphatic heterocycles. The molecule has 0 bridgehead atoms. The second-order valence-electron chi connectivity index (χ2n) is 4.61. The van der Waals surface area contributed by atoms with E-state index in [1.54, 1.807) is 6.33 Å². The van der Waals surface area contributed by atoms with Gasteiger partial charge in [0.15, 0.2) is 5.82 Å². The van der Waals surface area contributed by atoms with Crippen LogP contribution >= 0.6 is 0 Å². The summed E-state index contributed by atoms with van der Waals surface area (Å²) in [5.41, 5.74) is 7.40. The molecule has 0 saturated carbocycles. The minimum Gasteiger partial charge on any atom is -0.399 e. The third-order valence-corrected chi connectivity index (χ3v) is 2.70. The fourth-order valence-corrected chi connectivity index (χ4v) is 1.72. The highest BCUT2D eigenvalue weighted by Gasteiger charge is 2.03. The Morgan fingerprint density at radius 2 is 1.94 bits per heavy atom. The predicted molar refractivity (Wildman–Crippen MR) is 73.0 cm³/mol. The molecule has 0 saturated heterocycles. The zero-order chi connectivity index (χ0) is 13.0. The minimum absolute atomic E-state index is 0.750. The van der Waals surface area contributed by atoms with Crippen molar-refractivity contribution < 1.29 is 0 Å². The van der Waals surface area contributed by atoms with E-state index in [4.69, 9.17) is 5.73 Å². The van der Waals surface area contributed by atoms with Crippen molar-refractivity contribution >= 4 is 5.69 Å². The van der Waals surface area contributed by atoms with E-state index in [2.05, 4.69) is 29.1 Å². The number of benzene rings is 1. The maximum Gasteiger partial charge on any atom is 0.181 e. The number of anilines is 1. The summed E-state index contributed by atoms with van der Waals surface area (Å²) in [4.78, 5) is 6.48. The molecule has 0 amide bonds. The molecule has 1 aromatic heterocycles. The number of hydrogen-bond acceptors (Lipinski definition) is 4. The highest BCUT2D eigenvalue weighted by Crippen LogP contribution is 2.15. The van der Waals surface area contributed by atoms with Crippen LogP contribution < -0.4 is 5.73 Å². The van der Waals surface area contributed by atoms with Gasteiger partial charge in [-0.1, -0.05) is 0 Å². The van der Waals surface area contributed by atoms with Crippen LogP contribution in [-0.4, -0.2) is 40.3 Å². The van der Waals surface area contributed by atoms with Crippen molar-refractivity contribution in [1.29, 1.82) is 0 Å². The first kappa shape index (κ1) is 12.6. The molecule has 1 aromatic carbocycles. The van der Waals surface area contributed by atoms with E-state index in [0.717, 1.165) is 36.6 Å². The number of nitrogen functional groups attached to an aromatic ring is 1. The molecule has 18 heavy (non-hydrogen) atoms. The van der Waals surface area contributed by atoms with E-state index in [-0.39, 0.29) is 0 Å². The van der Waals surface area contributed by atoms with Gasteiger partial charge in [-0.25, -0.2) is 4.98 Å². The van der Waals surface area contributed by atoms with E-state index in [9.17, 15) is 0 Å². The maximum atomic E-state index is 5.65. The number of hydrogen-bond donors (Lipinski definition) is 1. The summed E-state index contributed by atoms with van der Waals surface area (Å²) in [7, 11) is 4.14. The van der Waals surface area contributed by atoms with Gasteiger partial charge in [-0.2, -0.15) is 5.10 Å². The third kappa shape index (κ3) is 3.30. The van der Waals surface area contributed by atoms with E-state index in [0.29, 0.717) is 0 Å². The van der Waals surface area contributed by atoms with E-state index in [1.165, 1.54) is 0 Å². The molecular weight excluding hydrogens is 226 g/mol. The maximum absolute atomic E-state index is 5.65. The zero-order valence-corrected chi connectivity index (χ0v) is 10.9. The number of nitrogens with two attached hydrogens (primary N) is 1. The quantitative estimate of drug-likeness (QED) is 0.811. The highest BCUT2D eigenvalue weighted by molar-refractivity contribution is 5.57. The second-order valence-corrected chi connectivity index (χ2v) is 4.61. The monoisotopic (exact) mass is 245 g/mol. The Kier molecular flexibility index (Phi) is 3.94. The van der Waals surface area contributed by atoms with Gasteiger partial charge in [0.2, 0.25) is 0 Å². The number of rotatable bonds is 5. The van der Waals surface area contributed by atoms with Crippen molar-refractivity contribution in [3.63, 3.8) is 0 Å². The zero-order valence-electron chi connectivity index (χ0n) is 10.9. The molecule has 0 aliphatic carbocycles. The molecule has 0 aliphatic rings. The Labute approximate surface area is 107 Å². The van der Waals surface area contributed by atoms with Crippen molar-refractivity contribution in [2.45, 2.75) is 13.0 Å². The lowest BCUT2D eigenvalue weighted by molar-refractivity contribution is 0.380. The van der Waals surface area contributed by atoms with Gasteiger partial charge >= 0.3 is 0 Å². The number of aryl methyl sites for hydroxylation is 1. The summed E-state index contributed by atoms with van der Waals surface area (Å²) in [5, 5.41) is 4.45. The standard InChI is InChI=1S/C13H19N5/c1-17(2)8-3-9-18-10-15-13(16-18)11-4-6-12(14)7-5-11/h4-7,10H,3,8-9,14H2,1-2H3. The first-order chi connectivity index (χ1) is 8.65. The summed E-state index contributed by atoms with van der Waals surface area (Å²) in [6, 6.07) is 7.60. The molecule has 1 heterocycles. The lowest BCUT2D eigenvalue weighted by Crippen LogP contribution is -2.15. The fourth-order valence-electron chi connectivity index (χ4n) is 1.72. The van der Waals surface area contributed by atoms with Crippen LogP contribution in [0.5, 0.6) is 0 Å². The largest absolute Gasteiger partial charge is 0.399 e. The van der Waals surface area contributed by atoms with Crippen LogP contribution in [-0.2, 0) is 6.54 Å². The summed E-state index contributed by atoms with van der Waals surface area (Å²) >= 11 is 0. The first-order valence-corrected chi connectivity index (χ1v) is 6.05. The van der Waals surface area contributed by atoms with Gasteiger partial charge < -0.3 is 10.6 Å². The summed E-state index contributed by atoms with van der Waals surface area (Å²) in [6.07, 6.45) is 2.85. The molecular formula is C13H19N5. The summed E-state index contributed by atoms with van der Waals surface area (Å²) in [5.74, 6) is 0.750. The fraction of sp³-hybridized carbons (Fsp3) is 0.385. The Morgan fingerprint density at radius 3 is 2.61 bits per heavy atom. The molecule has 2 N–H and O–H groups in total. The Morgan fingerprint density at radius 1 is 1.22 bits per heavy atom. The van der Waals surface area contributed by atoms with Crippen molar-refractivity contribution in [2.75, 3.05) is 26.4 Å². The van der Waals surface area contributed by atoms with E-state index < -0.39 is 0 Å². The van der Waals surface area contributed by atoms with Gasteiger partial charge in [0.25, 0.3) is 0 Å². The van der Waals surface area contributed by atoms with Gasteiger partial charge in [0.05, 0.1) is 0 Å². The second kappa shape index (κ2) is 5.64. The van der Waals surface area contributed by atoms with Crippen LogP contribution in [0.15, 0.2) is 30.6 Å². The molecule has 2 rings (SSSR count). The Bertz CT molecular complexity index is 486. The van der Waals surface area contributed by atoms with Crippen molar-refractivity contribution in [3.05, 3.63) is 30.6 Å². The van der Waals surface area contributed by atoms with Crippen LogP contribution in [0.25, 0.3) is 11.4 Å². The Hall–Kier alpha value is -1.88. The molecule has 5 heteroatoms. The van der Waals surface area contributed by atoms with Gasteiger partial charge in [0, 0.05) is 17.8 Å².